The fourth-order valence-electron chi connectivity index (χ4n) is 3.54. The Kier molecular flexibility index (Phi) is 7.25. The summed E-state index contributed by atoms with van der Waals surface area (Å²) in [6.45, 7) is 11.7. The number of hydrogen-bond donors (Lipinski definition) is 0. The number of methoxy groups -OCH3 is 2. The van der Waals surface area contributed by atoms with Gasteiger partial charge in [-0.3, -0.25) is 0 Å². The first-order valence-corrected chi connectivity index (χ1v) is 8.60. The molecule has 1 rings (SSSR count). The smallest absolute Gasteiger partial charge is 0.122 e. The predicted octanol–water partition coefficient (Wildman–Crippen LogP) is 5.83. The van der Waals surface area contributed by atoms with E-state index in [0.29, 0.717) is 11.8 Å². The van der Waals surface area contributed by atoms with Gasteiger partial charge >= 0.3 is 0 Å². The lowest BCUT2D eigenvalue weighted by Crippen LogP contribution is -2.32. The molecule has 0 fully saturated rings. The molecule has 2 heteroatoms. The van der Waals surface area contributed by atoms with Gasteiger partial charge in [-0.25, -0.2) is 0 Å². The number of unbranched alkanes of at least 4 members (excludes halogenated alkanes) is 2. The molecule has 0 aromatic heterocycles. The van der Waals surface area contributed by atoms with Gasteiger partial charge in [0, 0.05) is 6.07 Å². The van der Waals surface area contributed by atoms with E-state index in [2.05, 4.69) is 46.8 Å². The summed E-state index contributed by atoms with van der Waals surface area (Å²) in [5.41, 5.74) is 1.41. The van der Waals surface area contributed by atoms with Crippen LogP contribution in [0.2, 0.25) is 0 Å². The van der Waals surface area contributed by atoms with Gasteiger partial charge in [-0.05, 0) is 41.4 Å². The molecule has 0 heterocycles. The molecule has 0 aliphatic rings. The van der Waals surface area contributed by atoms with Crippen LogP contribution in [0.4, 0.5) is 0 Å². The molecule has 1 aromatic rings. The molecule has 126 valence electrons. The minimum Gasteiger partial charge on any atom is -0.497 e. The van der Waals surface area contributed by atoms with E-state index < -0.39 is 0 Å². The Hall–Kier alpha value is -1.18. The monoisotopic (exact) mass is 306 g/mol. The third-order valence-corrected chi connectivity index (χ3v) is 4.95. The Bertz CT molecular complexity index is 427. The molecule has 1 unspecified atom stereocenters. The number of ether oxygens (including phenoxy) is 2. The average molecular weight is 306 g/mol. The lowest BCUT2D eigenvalue weighted by atomic mass is 9.67. The van der Waals surface area contributed by atoms with Crippen molar-refractivity contribution in [3.05, 3.63) is 23.8 Å². The summed E-state index contributed by atoms with van der Waals surface area (Å²) < 4.78 is 10.9. The van der Waals surface area contributed by atoms with Crippen molar-refractivity contribution in [2.24, 2.45) is 11.8 Å². The highest BCUT2D eigenvalue weighted by atomic mass is 16.5. The van der Waals surface area contributed by atoms with Crippen LogP contribution < -0.4 is 9.47 Å². The number of hydrogen-bond acceptors (Lipinski definition) is 2. The van der Waals surface area contributed by atoms with Crippen LogP contribution in [0.3, 0.4) is 0 Å². The van der Waals surface area contributed by atoms with Crippen LogP contribution in [0.15, 0.2) is 18.2 Å². The minimum absolute atomic E-state index is 0.101. The van der Waals surface area contributed by atoms with Crippen LogP contribution in [0, 0.1) is 11.8 Å². The van der Waals surface area contributed by atoms with Crippen LogP contribution in [0.5, 0.6) is 11.5 Å². The SMILES string of the molecule is CCCCCC(C(C)C)C(C)(C)c1cc(OC)cc(OC)c1. The summed E-state index contributed by atoms with van der Waals surface area (Å²) >= 11 is 0. The van der Waals surface area contributed by atoms with Crippen molar-refractivity contribution in [1.82, 2.24) is 0 Å². The highest BCUT2D eigenvalue weighted by molar-refractivity contribution is 5.41. The molecule has 0 saturated carbocycles. The summed E-state index contributed by atoms with van der Waals surface area (Å²) in [6.07, 6.45) is 5.18. The molecule has 22 heavy (non-hydrogen) atoms. The third kappa shape index (κ3) is 4.66. The van der Waals surface area contributed by atoms with Crippen molar-refractivity contribution in [3.63, 3.8) is 0 Å². The van der Waals surface area contributed by atoms with Crippen LogP contribution in [-0.4, -0.2) is 14.2 Å². The normalized spacial score (nSPS) is 13.3. The molecule has 1 aromatic carbocycles. The van der Waals surface area contributed by atoms with Crippen LogP contribution >= 0.6 is 0 Å². The molecular weight excluding hydrogens is 272 g/mol. The Morgan fingerprint density at radius 3 is 1.91 bits per heavy atom. The second kappa shape index (κ2) is 8.45. The molecule has 0 aliphatic heterocycles. The van der Waals surface area contributed by atoms with Crippen molar-refractivity contribution in [1.29, 1.82) is 0 Å². The predicted molar refractivity (Wildman–Crippen MR) is 95.0 cm³/mol. The second-order valence-corrected chi connectivity index (χ2v) is 7.17. The molecule has 0 bridgehead atoms. The minimum atomic E-state index is 0.101. The average Bonchev–Trinajstić information content (AvgIpc) is 2.50. The summed E-state index contributed by atoms with van der Waals surface area (Å²) in [6, 6.07) is 6.27. The van der Waals surface area contributed by atoms with E-state index >= 15 is 0 Å². The molecule has 0 saturated heterocycles. The zero-order valence-corrected chi connectivity index (χ0v) is 15.5. The maximum atomic E-state index is 5.45. The van der Waals surface area contributed by atoms with E-state index in [0.717, 1.165) is 11.5 Å². The van der Waals surface area contributed by atoms with Gasteiger partial charge in [0.25, 0.3) is 0 Å². The fraction of sp³-hybridized carbons (Fsp3) is 0.700. The fourth-order valence-corrected chi connectivity index (χ4v) is 3.54. The molecule has 0 N–H and O–H groups in total. The van der Waals surface area contributed by atoms with Crippen LogP contribution in [0.1, 0.15) is 65.9 Å². The lowest BCUT2D eigenvalue weighted by Gasteiger charge is -2.38. The molecular formula is C20H34O2. The first-order chi connectivity index (χ1) is 10.4. The summed E-state index contributed by atoms with van der Waals surface area (Å²) in [5.74, 6) is 3.05. The van der Waals surface area contributed by atoms with Gasteiger partial charge in [-0.1, -0.05) is 53.9 Å². The van der Waals surface area contributed by atoms with Crippen LogP contribution in [0.25, 0.3) is 0 Å². The first-order valence-electron chi connectivity index (χ1n) is 8.60. The highest BCUT2D eigenvalue weighted by Crippen LogP contribution is 2.41. The van der Waals surface area contributed by atoms with Gasteiger partial charge in [0.05, 0.1) is 14.2 Å². The lowest BCUT2D eigenvalue weighted by molar-refractivity contribution is 0.217. The summed E-state index contributed by atoms with van der Waals surface area (Å²) in [7, 11) is 3.43. The Labute approximate surface area is 137 Å². The van der Waals surface area contributed by atoms with Crippen molar-refractivity contribution >= 4 is 0 Å². The molecule has 1 atom stereocenters. The maximum absolute atomic E-state index is 5.45. The van der Waals surface area contributed by atoms with E-state index in [1.54, 1.807) is 14.2 Å². The van der Waals surface area contributed by atoms with E-state index in [-0.39, 0.29) is 5.41 Å². The highest BCUT2D eigenvalue weighted by Gasteiger charge is 2.33. The summed E-state index contributed by atoms with van der Waals surface area (Å²) in [5, 5.41) is 0. The Morgan fingerprint density at radius 2 is 1.50 bits per heavy atom. The molecule has 0 radical (unpaired) electrons. The van der Waals surface area contributed by atoms with E-state index in [4.69, 9.17) is 9.47 Å². The number of rotatable bonds is 9. The number of benzene rings is 1. The zero-order chi connectivity index (χ0) is 16.8. The topological polar surface area (TPSA) is 18.5 Å². The van der Waals surface area contributed by atoms with Gasteiger partial charge in [-0.15, -0.1) is 0 Å². The van der Waals surface area contributed by atoms with Gasteiger partial charge in [0.1, 0.15) is 11.5 Å². The van der Waals surface area contributed by atoms with Crippen molar-refractivity contribution < 1.29 is 9.47 Å². The van der Waals surface area contributed by atoms with Gasteiger partial charge in [-0.2, -0.15) is 0 Å². The van der Waals surface area contributed by atoms with Crippen molar-refractivity contribution in [2.75, 3.05) is 14.2 Å². The largest absolute Gasteiger partial charge is 0.497 e. The van der Waals surface area contributed by atoms with Crippen LogP contribution in [-0.2, 0) is 5.41 Å². The van der Waals surface area contributed by atoms with Gasteiger partial charge in [0.15, 0.2) is 0 Å². The summed E-state index contributed by atoms with van der Waals surface area (Å²) in [4.78, 5) is 0. The Morgan fingerprint density at radius 1 is 0.955 bits per heavy atom. The van der Waals surface area contributed by atoms with Crippen molar-refractivity contribution in [3.8, 4) is 11.5 Å². The molecule has 0 aliphatic carbocycles. The zero-order valence-electron chi connectivity index (χ0n) is 15.5. The quantitative estimate of drug-likeness (QED) is 0.534. The molecule has 0 amide bonds. The standard InChI is InChI=1S/C20H34O2/c1-8-9-10-11-19(15(2)3)20(4,5)16-12-17(21-6)14-18(13-16)22-7/h12-15,19H,8-11H2,1-7H3. The van der Waals surface area contributed by atoms with E-state index in [1.165, 1.54) is 31.2 Å². The van der Waals surface area contributed by atoms with Gasteiger partial charge < -0.3 is 9.47 Å². The molecule has 2 nitrogen and oxygen atoms in total. The molecule has 0 spiro atoms. The van der Waals surface area contributed by atoms with E-state index in [1.807, 2.05) is 6.07 Å². The second-order valence-electron chi connectivity index (χ2n) is 7.17. The Balaban J connectivity index is 3.12. The van der Waals surface area contributed by atoms with E-state index in [9.17, 15) is 0 Å². The van der Waals surface area contributed by atoms with Crippen molar-refractivity contribution in [2.45, 2.75) is 65.7 Å². The maximum Gasteiger partial charge on any atom is 0.122 e. The third-order valence-electron chi connectivity index (χ3n) is 4.95. The van der Waals surface area contributed by atoms with Gasteiger partial charge in [0.2, 0.25) is 0 Å². The first kappa shape index (κ1) is 18.9.